The zero-order valence-electron chi connectivity index (χ0n) is 20.4. The van der Waals surface area contributed by atoms with Gasteiger partial charge < -0.3 is 16.0 Å². The quantitative estimate of drug-likeness (QED) is 0.337. The molecule has 9 nitrogen and oxygen atoms in total. The number of carbonyl (C=O) groups is 2. The fraction of sp³-hybridized carbons (Fsp3) is 0.0690. The number of benzodiazepines with no additional fused rings is 1. The third-order valence-corrected chi connectivity index (χ3v) is 6.33. The zero-order valence-corrected chi connectivity index (χ0v) is 20.4. The first-order chi connectivity index (χ1) is 18.6. The second-order valence-electron chi connectivity index (χ2n) is 8.69. The number of aliphatic imine (C=N–C) groups is 1. The van der Waals surface area contributed by atoms with Crippen molar-refractivity contribution in [3.8, 4) is 11.3 Å². The molecule has 2 aromatic heterocycles. The molecule has 1 atom stereocenters. The molecule has 3 N–H and O–H groups in total. The number of aromatic nitrogens is 3. The molecule has 2 amide bonds. The molecule has 3 heterocycles. The van der Waals surface area contributed by atoms with E-state index < -0.39 is 18.0 Å². The number of carbonyl (C=O) groups excluding carboxylic acids is 2. The number of nitrogens with one attached hydrogen (secondary N) is 3. The number of amides is 2. The molecular formula is C29H23N7O2. The predicted octanol–water partition coefficient (Wildman–Crippen LogP) is 3.98. The van der Waals surface area contributed by atoms with Gasteiger partial charge in [0.05, 0.1) is 11.4 Å². The van der Waals surface area contributed by atoms with Crippen LogP contribution in [0.2, 0.25) is 0 Å². The summed E-state index contributed by atoms with van der Waals surface area (Å²) >= 11 is 0. The fourth-order valence-corrected chi connectivity index (χ4v) is 4.47. The van der Waals surface area contributed by atoms with Gasteiger partial charge in [0.2, 0.25) is 6.17 Å². The number of benzene rings is 3. The highest BCUT2D eigenvalue weighted by Gasteiger charge is 2.30. The van der Waals surface area contributed by atoms with E-state index >= 15 is 0 Å². The lowest BCUT2D eigenvalue weighted by Gasteiger charge is -2.13. The molecule has 38 heavy (non-hydrogen) atoms. The predicted molar refractivity (Wildman–Crippen MR) is 146 cm³/mol. The largest absolute Gasteiger partial charge is 0.388 e. The van der Waals surface area contributed by atoms with Crippen LogP contribution in [0, 0.1) is 0 Å². The summed E-state index contributed by atoms with van der Waals surface area (Å²) < 4.78 is 1.55. The SMILES string of the molecule is CNc1ccc(-c2nn3cccnc3c2C(=O)N[C@H]2N=C(c3ccccc3)c3ccccc3NC2=O)cc1. The Bertz CT molecular complexity index is 1690. The van der Waals surface area contributed by atoms with Crippen LogP contribution in [-0.4, -0.2) is 45.3 Å². The Morgan fingerprint density at radius 3 is 2.47 bits per heavy atom. The highest BCUT2D eigenvalue weighted by molar-refractivity contribution is 6.20. The molecule has 0 unspecified atom stereocenters. The Hall–Kier alpha value is -5.31. The molecular weight excluding hydrogens is 478 g/mol. The Labute approximate surface area is 218 Å². The van der Waals surface area contributed by atoms with Crippen molar-refractivity contribution in [1.29, 1.82) is 0 Å². The molecule has 186 valence electrons. The number of hydrogen-bond acceptors (Lipinski definition) is 6. The summed E-state index contributed by atoms with van der Waals surface area (Å²) in [4.78, 5) is 36.2. The maximum absolute atomic E-state index is 13.8. The third kappa shape index (κ3) is 4.16. The summed E-state index contributed by atoms with van der Waals surface area (Å²) in [5, 5.41) is 13.4. The maximum Gasteiger partial charge on any atom is 0.269 e. The molecule has 5 aromatic rings. The fourth-order valence-electron chi connectivity index (χ4n) is 4.47. The van der Waals surface area contributed by atoms with Crippen molar-refractivity contribution >= 4 is 34.5 Å². The van der Waals surface area contributed by atoms with Crippen LogP contribution in [-0.2, 0) is 4.79 Å². The maximum atomic E-state index is 13.8. The Balaban J connectivity index is 1.43. The first-order valence-corrected chi connectivity index (χ1v) is 12.1. The van der Waals surface area contributed by atoms with E-state index in [1.54, 1.807) is 23.0 Å². The van der Waals surface area contributed by atoms with Gasteiger partial charge in [-0.1, -0.05) is 60.7 Å². The number of rotatable bonds is 5. The second-order valence-corrected chi connectivity index (χ2v) is 8.69. The Kier molecular flexibility index (Phi) is 5.85. The van der Waals surface area contributed by atoms with Crippen molar-refractivity contribution in [2.75, 3.05) is 17.7 Å². The van der Waals surface area contributed by atoms with Crippen molar-refractivity contribution in [2.45, 2.75) is 6.17 Å². The van der Waals surface area contributed by atoms with Gasteiger partial charge in [-0.25, -0.2) is 14.5 Å². The van der Waals surface area contributed by atoms with Crippen LogP contribution in [0.15, 0.2) is 102 Å². The topological polar surface area (TPSA) is 113 Å². The summed E-state index contributed by atoms with van der Waals surface area (Å²) in [7, 11) is 1.84. The van der Waals surface area contributed by atoms with Gasteiger partial charge in [-0.2, -0.15) is 5.10 Å². The van der Waals surface area contributed by atoms with Crippen LogP contribution >= 0.6 is 0 Å². The molecule has 0 saturated carbocycles. The Morgan fingerprint density at radius 1 is 0.921 bits per heavy atom. The van der Waals surface area contributed by atoms with Gasteiger partial charge in [-0.15, -0.1) is 0 Å². The van der Waals surface area contributed by atoms with E-state index in [0.29, 0.717) is 22.7 Å². The van der Waals surface area contributed by atoms with E-state index in [0.717, 1.165) is 22.4 Å². The lowest BCUT2D eigenvalue weighted by Crippen LogP contribution is -2.42. The average Bonchev–Trinajstić information content (AvgIpc) is 3.29. The van der Waals surface area contributed by atoms with E-state index in [2.05, 4.69) is 26.0 Å². The summed E-state index contributed by atoms with van der Waals surface area (Å²) in [5.41, 5.74) is 5.59. The van der Waals surface area contributed by atoms with Gasteiger partial charge in [0, 0.05) is 41.8 Å². The van der Waals surface area contributed by atoms with Crippen molar-refractivity contribution in [3.63, 3.8) is 0 Å². The molecule has 3 aromatic carbocycles. The standard InChI is InChI=1S/C29H23N7O2/c1-30-20-14-12-19(13-15-20)25-23(27-31-16-7-17-36(27)35-25)28(37)34-26-29(38)32-22-11-6-5-10-21(22)24(33-26)18-8-3-2-4-9-18/h2-17,26,30H,1H3,(H,32,38)(H,34,37)/t26-/m1/s1. The normalized spacial score (nSPS) is 14.7. The Morgan fingerprint density at radius 2 is 1.68 bits per heavy atom. The number of nitrogens with zero attached hydrogens (tertiary/aromatic N) is 4. The average molecular weight is 502 g/mol. The molecule has 0 fully saturated rings. The van der Waals surface area contributed by atoms with E-state index in [-0.39, 0.29) is 5.56 Å². The highest BCUT2D eigenvalue weighted by atomic mass is 16.2. The molecule has 1 aliphatic rings. The molecule has 0 aliphatic carbocycles. The van der Waals surface area contributed by atoms with E-state index in [4.69, 9.17) is 4.99 Å². The number of hydrogen-bond donors (Lipinski definition) is 3. The molecule has 0 saturated heterocycles. The highest BCUT2D eigenvalue weighted by Crippen LogP contribution is 2.28. The summed E-state index contributed by atoms with van der Waals surface area (Å²) in [6.45, 7) is 0. The minimum absolute atomic E-state index is 0.258. The van der Waals surface area contributed by atoms with Crippen LogP contribution in [0.5, 0.6) is 0 Å². The molecule has 6 rings (SSSR count). The van der Waals surface area contributed by atoms with E-state index in [1.807, 2.05) is 85.9 Å². The van der Waals surface area contributed by atoms with Crippen molar-refractivity contribution in [2.24, 2.45) is 4.99 Å². The van der Waals surface area contributed by atoms with E-state index in [9.17, 15) is 9.59 Å². The second kappa shape index (κ2) is 9.62. The van der Waals surface area contributed by atoms with Gasteiger partial charge in [0.1, 0.15) is 11.3 Å². The molecule has 0 spiro atoms. The lowest BCUT2D eigenvalue weighted by atomic mass is 10.0. The molecule has 0 radical (unpaired) electrons. The molecule has 0 bridgehead atoms. The van der Waals surface area contributed by atoms with Crippen LogP contribution < -0.4 is 16.0 Å². The molecule has 1 aliphatic heterocycles. The van der Waals surface area contributed by atoms with Crippen LogP contribution in [0.25, 0.3) is 16.9 Å². The van der Waals surface area contributed by atoms with E-state index in [1.165, 1.54) is 0 Å². The number of para-hydroxylation sites is 1. The van der Waals surface area contributed by atoms with Gasteiger partial charge in [0.15, 0.2) is 5.65 Å². The van der Waals surface area contributed by atoms with Crippen molar-refractivity contribution in [3.05, 3.63) is 114 Å². The van der Waals surface area contributed by atoms with Gasteiger partial charge >= 0.3 is 0 Å². The number of anilines is 2. The van der Waals surface area contributed by atoms with Crippen LogP contribution in [0.4, 0.5) is 11.4 Å². The van der Waals surface area contributed by atoms with Gasteiger partial charge in [-0.3, -0.25) is 9.59 Å². The number of fused-ring (bicyclic) bond motifs is 2. The summed E-state index contributed by atoms with van der Waals surface area (Å²) in [6, 6.07) is 26.3. The van der Waals surface area contributed by atoms with Crippen molar-refractivity contribution < 1.29 is 9.59 Å². The van der Waals surface area contributed by atoms with Crippen LogP contribution in [0.1, 0.15) is 21.5 Å². The summed E-state index contributed by atoms with van der Waals surface area (Å²) in [6.07, 6.45) is 2.15. The van der Waals surface area contributed by atoms with Crippen molar-refractivity contribution in [1.82, 2.24) is 19.9 Å². The lowest BCUT2D eigenvalue weighted by molar-refractivity contribution is -0.117. The smallest absolute Gasteiger partial charge is 0.269 e. The third-order valence-electron chi connectivity index (χ3n) is 6.33. The minimum Gasteiger partial charge on any atom is -0.388 e. The first kappa shape index (κ1) is 23.1. The molecule has 9 heteroatoms. The first-order valence-electron chi connectivity index (χ1n) is 12.1. The van der Waals surface area contributed by atoms with Gasteiger partial charge in [0.25, 0.3) is 11.8 Å². The summed E-state index contributed by atoms with van der Waals surface area (Å²) in [5.74, 6) is -0.949. The minimum atomic E-state index is -1.18. The zero-order chi connectivity index (χ0) is 26.1. The van der Waals surface area contributed by atoms with Crippen LogP contribution in [0.3, 0.4) is 0 Å². The van der Waals surface area contributed by atoms with Gasteiger partial charge in [-0.05, 0) is 24.3 Å². The monoisotopic (exact) mass is 501 g/mol.